The van der Waals surface area contributed by atoms with Crippen LogP contribution in [0.2, 0.25) is 0 Å². The van der Waals surface area contributed by atoms with Crippen LogP contribution in [-0.4, -0.2) is 10.9 Å². The van der Waals surface area contributed by atoms with Gasteiger partial charge >= 0.3 is 0 Å². The van der Waals surface area contributed by atoms with E-state index >= 15 is 0 Å². The maximum Gasteiger partial charge on any atom is 0.257 e. The van der Waals surface area contributed by atoms with E-state index in [0.717, 1.165) is 5.56 Å². The monoisotopic (exact) mass is 300 g/mol. The Hall–Kier alpha value is -1.94. The first-order valence-electron chi connectivity index (χ1n) is 6.86. The molecule has 0 fully saturated rings. The van der Waals surface area contributed by atoms with Gasteiger partial charge in [0.15, 0.2) is 5.13 Å². The van der Waals surface area contributed by atoms with Crippen LogP contribution in [-0.2, 0) is 0 Å². The largest absolute Gasteiger partial charge is 0.298 e. The van der Waals surface area contributed by atoms with Gasteiger partial charge in [0.25, 0.3) is 5.91 Å². The molecule has 0 aliphatic rings. The molecule has 4 heteroatoms. The number of hydrogen-bond acceptors (Lipinski definition) is 3. The van der Waals surface area contributed by atoms with Crippen LogP contribution in [0.25, 0.3) is 5.57 Å². The van der Waals surface area contributed by atoms with Crippen molar-refractivity contribution in [3.8, 4) is 0 Å². The lowest BCUT2D eigenvalue weighted by molar-refractivity contribution is 0.102. The molecule has 1 aromatic heterocycles. The van der Waals surface area contributed by atoms with Crippen molar-refractivity contribution in [3.05, 3.63) is 53.0 Å². The van der Waals surface area contributed by atoms with Crippen LogP contribution >= 0.6 is 11.3 Å². The summed E-state index contributed by atoms with van der Waals surface area (Å²) in [6.07, 6.45) is 3.90. The molecule has 1 amide bonds. The summed E-state index contributed by atoms with van der Waals surface area (Å²) >= 11 is 1.41. The zero-order chi connectivity index (χ0) is 15.5. The van der Waals surface area contributed by atoms with E-state index in [1.165, 1.54) is 16.9 Å². The summed E-state index contributed by atoms with van der Waals surface area (Å²) in [6, 6.07) is 7.65. The molecule has 21 heavy (non-hydrogen) atoms. The summed E-state index contributed by atoms with van der Waals surface area (Å²) < 4.78 is 0. The van der Waals surface area contributed by atoms with Gasteiger partial charge in [-0.05, 0) is 35.6 Å². The molecule has 0 spiro atoms. The van der Waals surface area contributed by atoms with Crippen molar-refractivity contribution in [2.75, 3.05) is 5.32 Å². The fourth-order valence-electron chi connectivity index (χ4n) is 2.07. The summed E-state index contributed by atoms with van der Waals surface area (Å²) in [6.45, 7) is 8.61. The van der Waals surface area contributed by atoms with Crippen LogP contribution in [0, 0.1) is 5.41 Å². The molecule has 0 bridgehead atoms. The Balaban J connectivity index is 2.12. The van der Waals surface area contributed by atoms with Gasteiger partial charge in [0.05, 0.1) is 0 Å². The summed E-state index contributed by atoms with van der Waals surface area (Å²) in [5, 5.41) is 5.23. The second kappa shape index (κ2) is 6.22. The highest BCUT2D eigenvalue weighted by Gasteiger charge is 2.09. The first-order valence-corrected chi connectivity index (χ1v) is 7.74. The Morgan fingerprint density at radius 1 is 1.19 bits per heavy atom. The molecule has 0 saturated heterocycles. The zero-order valence-corrected chi connectivity index (χ0v) is 13.6. The van der Waals surface area contributed by atoms with Gasteiger partial charge in [-0.1, -0.05) is 39.0 Å². The Morgan fingerprint density at radius 3 is 2.33 bits per heavy atom. The molecule has 0 aliphatic carbocycles. The van der Waals surface area contributed by atoms with E-state index < -0.39 is 0 Å². The third kappa shape index (κ3) is 4.53. The fraction of sp³-hybridized carbons (Fsp3) is 0.294. The summed E-state index contributed by atoms with van der Waals surface area (Å²) in [5.41, 5.74) is 3.13. The Kier molecular flexibility index (Phi) is 4.58. The van der Waals surface area contributed by atoms with Gasteiger partial charge in [-0.3, -0.25) is 10.1 Å². The minimum Gasteiger partial charge on any atom is -0.298 e. The highest BCUT2D eigenvalue weighted by Crippen LogP contribution is 2.23. The van der Waals surface area contributed by atoms with Gasteiger partial charge in [-0.15, -0.1) is 11.3 Å². The predicted octanol–water partition coefficient (Wildman–Crippen LogP) is 4.84. The number of amides is 1. The molecule has 0 atom stereocenters. The van der Waals surface area contributed by atoms with Gasteiger partial charge in [-0.2, -0.15) is 0 Å². The third-order valence-corrected chi connectivity index (χ3v) is 3.59. The summed E-state index contributed by atoms with van der Waals surface area (Å²) in [7, 11) is 0. The maximum atomic E-state index is 12.1. The number of thiazole rings is 1. The number of allylic oxidation sites excluding steroid dienone is 2. The summed E-state index contributed by atoms with van der Waals surface area (Å²) in [4.78, 5) is 16.1. The van der Waals surface area contributed by atoms with E-state index in [1.54, 1.807) is 6.20 Å². The van der Waals surface area contributed by atoms with E-state index in [0.29, 0.717) is 10.7 Å². The second-order valence-electron chi connectivity index (χ2n) is 6.06. The SMILES string of the molecule is CC(=CC(C)(C)C)c1ccc(C(=O)Nc2nccs2)cc1. The van der Waals surface area contributed by atoms with Crippen molar-refractivity contribution in [2.45, 2.75) is 27.7 Å². The van der Waals surface area contributed by atoms with Crippen LogP contribution in [0.5, 0.6) is 0 Å². The van der Waals surface area contributed by atoms with E-state index in [9.17, 15) is 4.79 Å². The minimum absolute atomic E-state index is 0.131. The maximum absolute atomic E-state index is 12.1. The van der Waals surface area contributed by atoms with Gasteiger partial charge in [-0.25, -0.2) is 4.98 Å². The molecule has 0 aliphatic heterocycles. The Labute approximate surface area is 129 Å². The minimum atomic E-state index is -0.131. The van der Waals surface area contributed by atoms with Crippen molar-refractivity contribution in [1.29, 1.82) is 0 Å². The number of aromatic nitrogens is 1. The molecular weight excluding hydrogens is 280 g/mol. The number of hydrogen-bond donors (Lipinski definition) is 1. The van der Waals surface area contributed by atoms with Gasteiger partial charge < -0.3 is 0 Å². The molecule has 1 N–H and O–H groups in total. The van der Waals surface area contributed by atoms with Crippen molar-refractivity contribution in [3.63, 3.8) is 0 Å². The van der Waals surface area contributed by atoms with Gasteiger partial charge in [0, 0.05) is 17.1 Å². The molecule has 1 heterocycles. The first kappa shape index (κ1) is 15.4. The van der Waals surface area contributed by atoms with Crippen LogP contribution in [0.15, 0.2) is 41.9 Å². The fourth-order valence-corrected chi connectivity index (χ4v) is 2.60. The normalized spacial score (nSPS) is 12.3. The van der Waals surface area contributed by atoms with Crippen molar-refractivity contribution < 1.29 is 4.79 Å². The van der Waals surface area contributed by atoms with Crippen LogP contribution in [0.3, 0.4) is 0 Å². The Morgan fingerprint density at radius 2 is 1.81 bits per heavy atom. The van der Waals surface area contributed by atoms with Gasteiger partial charge in [0.1, 0.15) is 0 Å². The highest BCUT2D eigenvalue weighted by atomic mass is 32.1. The lowest BCUT2D eigenvalue weighted by Crippen LogP contribution is -2.11. The van der Waals surface area contributed by atoms with E-state index in [1.807, 2.05) is 29.6 Å². The van der Waals surface area contributed by atoms with Crippen molar-refractivity contribution in [2.24, 2.45) is 5.41 Å². The lowest BCUT2D eigenvalue weighted by Gasteiger charge is -2.14. The van der Waals surface area contributed by atoms with E-state index in [-0.39, 0.29) is 11.3 Å². The third-order valence-electron chi connectivity index (χ3n) is 2.90. The molecule has 110 valence electrons. The highest BCUT2D eigenvalue weighted by molar-refractivity contribution is 7.13. The molecular formula is C17H20N2OS. The molecule has 0 unspecified atom stereocenters. The van der Waals surface area contributed by atoms with Crippen LogP contribution in [0.4, 0.5) is 5.13 Å². The lowest BCUT2D eigenvalue weighted by atomic mass is 9.91. The van der Waals surface area contributed by atoms with Crippen molar-refractivity contribution >= 4 is 27.9 Å². The number of benzene rings is 1. The zero-order valence-electron chi connectivity index (χ0n) is 12.8. The van der Waals surface area contributed by atoms with Crippen LogP contribution in [0.1, 0.15) is 43.6 Å². The average molecular weight is 300 g/mol. The van der Waals surface area contributed by atoms with Crippen molar-refractivity contribution in [1.82, 2.24) is 4.98 Å². The number of carbonyl (C=O) groups is 1. The molecule has 1 aromatic carbocycles. The average Bonchev–Trinajstić information content (AvgIpc) is 2.90. The van der Waals surface area contributed by atoms with Gasteiger partial charge in [0.2, 0.25) is 0 Å². The quantitative estimate of drug-likeness (QED) is 0.880. The molecule has 0 saturated carbocycles. The standard InChI is InChI=1S/C17H20N2OS/c1-12(11-17(2,3)4)13-5-7-14(8-6-13)15(20)19-16-18-9-10-21-16/h5-11H,1-4H3,(H,18,19,20). The number of carbonyl (C=O) groups excluding carboxylic acids is 1. The Bertz CT molecular complexity index is 634. The summed E-state index contributed by atoms with van der Waals surface area (Å²) in [5.74, 6) is -0.131. The number of nitrogens with one attached hydrogen (secondary N) is 1. The first-order chi connectivity index (χ1) is 9.85. The molecule has 2 aromatic rings. The number of anilines is 1. The number of rotatable bonds is 3. The van der Waals surface area contributed by atoms with E-state index in [2.05, 4.69) is 44.1 Å². The molecule has 2 rings (SSSR count). The number of nitrogens with zero attached hydrogens (tertiary/aromatic N) is 1. The molecule has 0 radical (unpaired) electrons. The topological polar surface area (TPSA) is 42.0 Å². The molecule has 3 nitrogen and oxygen atoms in total. The predicted molar refractivity (Wildman–Crippen MR) is 89.6 cm³/mol. The second-order valence-corrected chi connectivity index (χ2v) is 6.96. The van der Waals surface area contributed by atoms with Crippen LogP contribution < -0.4 is 5.32 Å². The smallest absolute Gasteiger partial charge is 0.257 e. The van der Waals surface area contributed by atoms with E-state index in [4.69, 9.17) is 0 Å².